The van der Waals surface area contributed by atoms with E-state index >= 15 is 0 Å². The molecule has 0 aromatic heterocycles. The zero-order chi connectivity index (χ0) is 17.6. The Hall–Kier alpha value is -1.98. The van der Waals surface area contributed by atoms with Crippen LogP contribution in [0.15, 0.2) is 42.0 Å². The van der Waals surface area contributed by atoms with Crippen molar-refractivity contribution >= 4 is 17.3 Å². The third-order valence-corrected chi connectivity index (χ3v) is 5.03. The monoisotopic (exact) mass is 342 g/mol. The molecule has 1 aromatic rings. The largest absolute Gasteiger partial charge is 0.379 e. The maximum atomic E-state index is 12.2. The molecule has 25 heavy (non-hydrogen) atoms. The van der Waals surface area contributed by atoms with Gasteiger partial charge in [-0.15, -0.1) is 0 Å². The van der Waals surface area contributed by atoms with Gasteiger partial charge in [0.05, 0.1) is 13.2 Å². The fourth-order valence-electron chi connectivity index (χ4n) is 3.68. The van der Waals surface area contributed by atoms with Gasteiger partial charge < -0.3 is 10.1 Å². The molecular weight excluding hydrogens is 314 g/mol. The Kier molecular flexibility index (Phi) is 6.00. The van der Waals surface area contributed by atoms with Gasteiger partial charge in [-0.3, -0.25) is 9.69 Å². The molecule has 0 aliphatic carbocycles. The smallest absolute Gasteiger partial charge is 0.257 e. The number of likely N-dealkylation sites (N-methyl/N-ethyl adjacent to an activating group) is 1. The van der Waals surface area contributed by atoms with E-state index in [1.807, 2.05) is 25.1 Å². The number of carbonyl (C=O) groups excluding carboxylic acids is 1. The molecule has 1 saturated heterocycles. The highest BCUT2D eigenvalue weighted by Gasteiger charge is 2.35. The SMILES string of the molecule is CNC(=O)C1=CC(CCCN2CCOCC2)[N+](c2ccccc2)=C1C. The molecule has 0 spiro atoms. The first kappa shape index (κ1) is 17.8. The van der Waals surface area contributed by atoms with Gasteiger partial charge in [0.25, 0.3) is 5.91 Å². The van der Waals surface area contributed by atoms with Gasteiger partial charge in [-0.05, 0) is 13.0 Å². The molecule has 0 bridgehead atoms. The van der Waals surface area contributed by atoms with E-state index in [9.17, 15) is 4.79 Å². The Morgan fingerprint density at radius 2 is 2.00 bits per heavy atom. The van der Waals surface area contributed by atoms with Crippen molar-refractivity contribution in [2.24, 2.45) is 0 Å². The topological polar surface area (TPSA) is 44.6 Å². The summed E-state index contributed by atoms with van der Waals surface area (Å²) >= 11 is 0. The van der Waals surface area contributed by atoms with Gasteiger partial charge in [-0.25, -0.2) is 0 Å². The van der Waals surface area contributed by atoms with Crippen molar-refractivity contribution in [3.05, 3.63) is 42.0 Å². The number of rotatable bonds is 6. The summed E-state index contributed by atoms with van der Waals surface area (Å²) in [6.07, 6.45) is 4.27. The fourth-order valence-corrected chi connectivity index (χ4v) is 3.68. The second-order valence-corrected chi connectivity index (χ2v) is 6.61. The van der Waals surface area contributed by atoms with Crippen LogP contribution in [-0.4, -0.2) is 67.0 Å². The minimum Gasteiger partial charge on any atom is -0.379 e. The van der Waals surface area contributed by atoms with E-state index in [2.05, 4.69) is 33.0 Å². The summed E-state index contributed by atoms with van der Waals surface area (Å²) in [5.41, 5.74) is 2.97. The second kappa shape index (κ2) is 8.41. The van der Waals surface area contributed by atoms with Crippen LogP contribution >= 0.6 is 0 Å². The Labute approximate surface area is 150 Å². The predicted octanol–water partition coefficient (Wildman–Crippen LogP) is 1.96. The molecule has 1 aromatic carbocycles. The number of hydrogen-bond donors (Lipinski definition) is 1. The van der Waals surface area contributed by atoms with Crippen LogP contribution in [0.2, 0.25) is 0 Å². The summed E-state index contributed by atoms with van der Waals surface area (Å²) in [5.74, 6) is -0.00545. The molecule has 1 N–H and O–H groups in total. The first-order valence-corrected chi connectivity index (χ1v) is 9.13. The Morgan fingerprint density at radius 1 is 1.28 bits per heavy atom. The number of benzene rings is 1. The number of nitrogens with zero attached hydrogens (tertiary/aromatic N) is 2. The van der Waals surface area contributed by atoms with E-state index in [4.69, 9.17) is 4.74 Å². The van der Waals surface area contributed by atoms with Crippen molar-refractivity contribution in [3.63, 3.8) is 0 Å². The lowest BCUT2D eigenvalue weighted by Crippen LogP contribution is -2.37. The molecular formula is C20H28N3O2+. The molecule has 134 valence electrons. The second-order valence-electron chi connectivity index (χ2n) is 6.61. The van der Waals surface area contributed by atoms with Crippen LogP contribution in [0.5, 0.6) is 0 Å². The number of ether oxygens (including phenoxy) is 1. The maximum absolute atomic E-state index is 12.2. The summed E-state index contributed by atoms with van der Waals surface area (Å²) in [6, 6.07) is 10.6. The van der Waals surface area contributed by atoms with Crippen molar-refractivity contribution in [3.8, 4) is 0 Å². The predicted molar refractivity (Wildman–Crippen MR) is 99.5 cm³/mol. The van der Waals surface area contributed by atoms with Crippen molar-refractivity contribution < 1.29 is 14.1 Å². The van der Waals surface area contributed by atoms with Crippen LogP contribution in [-0.2, 0) is 9.53 Å². The molecule has 5 heteroatoms. The van der Waals surface area contributed by atoms with Crippen LogP contribution in [0, 0.1) is 0 Å². The Balaban J connectivity index is 1.73. The average Bonchev–Trinajstić information content (AvgIpc) is 2.99. The average molecular weight is 342 g/mol. The highest BCUT2D eigenvalue weighted by molar-refractivity contribution is 6.19. The molecule has 2 heterocycles. The third kappa shape index (κ3) is 4.17. The molecule has 5 nitrogen and oxygen atoms in total. The zero-order valence-electron chi connectivity index (χ0n) is 15.2. The number of hydrogen-bond acceptors (Lipinski definition) is 3. The van der Waals surface area contributed by atoms with Gasteiger partial charge in [-0.2, -0.15) is 4.58 Å². The van der Waals surface area contributed by atoms with E-state index in [-0.39, 0.29) is 11.9 Å². The van der Waals surface area contributed by atoms with E-state index in [0.29, 0.717) is 0 Å². The van der Waals surface area contributed by atoms with Crippen molar-refractivity contribution in [1.82, 2.24) is 10.2 Å². The summed E-state index contributed by atoms with van der Waals surface area (Å²) in [6.45, 7) is 6.86. The Bertz CT molecular complexity index is 661. The normalized spacial score (nSPS) is 21.4. The highest BCUT2D eigenvalue weighted by Crippen LogP contribution is 2.25. The molecule has 1 unspecified atom stereocenters. The minimum absolute atomic E-state index is 0.00545. The van der Waals surface area contributed by atoms with E-state index in [1.54, 1.807) is 7.05 Å². The summed E-state index contributed by atoms with van der Waals surface area (Å²) < 4.78 is 7.71. The molecule has 2 aliphatic heterocycles. The van der Waals surface area contributed by atoms with Crippen LogP contribution in [0.1, 0.15) is 19.8 Å². The summed E-state index contributed by atoms with van der Waals surface area (Å²) in [5, 5.41) is 2.76. The van der Waals surface area contributed by atoms with Crippen molar-refractivity contribution in [1.29, 1.82) is 0 Å². The number of para-hydroxylation sites is 1. The van der Waals surface area contributed by atoms with Crippen molar-refractivity contribution in [2.45, 2.75) is 25.8 Å². The van der Waals surface area contributed by atoms with E-state index < -0.39 is 0 Å². The first-order valence-electron chi connectivity index (χ1n) is 9.13. The fraction of sp³-hybridized carbons (Fsp3) is 0.500. The first-order chi connectivity index (χ1) is 12.2. The van der Waals surface area contributed by atoms with E-state index in [0.717, 1.165) is 62.7 Å². The molecule has 1 amide bonds. The van der Waals surface area contributed by atoms with Gasteiger partial charge in [0.1, 0.15) is 5.57 Å². The zero-order valence-corrected chi connectivity index (χ0v) is 15.2. The van der Waals surface area contributed by atoms with Crippen LogP contribution < -0.4 is 5.32 Å². The van der Waals surface area contributed by atoms with Gasteiger partial charge in [0.15, 0.2) is 11.8 Å². The molecule has 0 saturated carbocycles. The van der Waals surface area contributed by atoms with Gasteiger partial charge in [-0.1, -0.05) is 18.2 Å². The number of morpholine rings is 1. The van der Waals surface area contributed by atoms with Crippen LogP contribution in [0.3, 0.4) is 0 Å². The quantitative estimate of drug-likeness (QED) is 0.804. The highest BCUT2D eigenvalue weighted by atomic mass is 16.5. The molecule has 0 radical (unpaired) electrons. The summed E-state index contributed by atoms with van der Waals surface area (Å²) in [4.78, 5) is 14.7. The van der Waals surface area contributed by atoms with Crippen LogP contribution in [0.25, 0.3) is 0 Å². The third-order valence-electron chi connectivity index (χ3n) is 5.03. The van der Waals surface area contributed by atoms with Crippen molar-refractivity contribution in [2.75, 3.05) is 39.9 Å². The van der Waals surface area contributed by atoms with Gasteiger partial charge in [0, 0.05) is 51.7 Å². The maximum Gasteiger partial charge on any atom is 0.257 e. The summed E-state index contributed by atoms with van der Waals surface area (Å²) in [7, 11) is 1.69. The lowest BCUT2D eigenvalue weighted by atomic mass is 10.1. The minimum atomic E-state index is -0.00545. The molecule has 3 rings (SSSR count). The standard InChI is InChI=1S/C20H27N3O2/c1-16-19(20(24)21-2)15-18(23(16)17-7-4-3-5-8-17)9-6-10-22-11-13-25-14-12-22/h3-5,7-8,15,18H,6,9-14H2,1-2H3/p+1. The number of carbonyl (C=O) groups is 1. The Morgan fingerprint density at radius 3 is 2.68 bits per heavy atom. The number of nitrogens with one attached hydrogen (secondary N) is 1. The lowest BCUT2D eigenvalue weighted by molar-refractivity contribution is -0.468. The molecule has 1 atom stereocenters. The number of amides is 1. The molecule has 1 fully saturated rings. The lowest BCUT2D eigenvalue weighted by Gasteiger charge is -2.26. The molecule has 2 aliphatic rings. The van der Waals surface area contributed by atoms with E-state index in [1.165, 1.54) is 0 Å². The van der Waals surface area contributed by atoms with Crippen LogP contribution in [0.4, 0.5) is 5.69 Å². The van der Waals surface area contributed by atoms with Gasteiger partial charge in [0.2, 0.25) is 5.69 Å². The van der Waals surface area contributed by atoms with Gasteiger partial charge >= 0.3 is 0 Å².